The minimum Gasteiger partial charge on any atom is -0.390 e. The van der Waals surface area contributed by atoms with Crippen LogP contribution in [0.3, 0.4) is 0 Å². The summed E-state index contributed by atoms with van der Waals surface area (Å²) in [5.74, 6) is 0.165. The van der Waals surface area contributed by atoms with Crippen molar-refractivity contribution in [2.75, 3.05) is 0 Å². The van der Waals surface area contributed by atoms with Gasteiger partial charge in [0.05, 0.1) is 18.8 Å². The summed E-state index contributed by atoms with van der Waals surface area (Å²) >= 11 is 0. The maximum atomic E-state index is 13.3. The minimum absolute atomic E-state index is 0.0883. The van der Waals surface area contributed by atoms with E-state index in [-0.39, 0.29) is 12.4 Å². The summed E-state index contributed by atoms with van der Waals surface area (Å²) in [4.78, 5) is 0. The van der Waals surface area contributed by atoms with E-state index in [0.717, 1.165) is 24.1 Å². The number of aliphatic hydroxyl groups excluding tert-OH is 1. The van der Waals surface area contributed by atoms with Gasteiger partial charge < -0.3 is 5.11 Å². The number of rotatable bonds is 4. The van der Waals surface area contributed by atoms with Gasteiger partial charge in [0, 0.05) is 5.92 Å². The zero-order valence-corrected chi connectivity index (χ0v) is 12.0. The Morgan fingerprint density at radius 2 is 2.05 bits per heavy atom. The molecule has 1 aromatic heterocycles. The lowest BCUT2D eigenvalue weighted by Crippen LogP contribution is -2.14. The standard InChI is InChI=1S/C16H20FN3O/c17-14-8-4-5-12(9-14)10-20-16(15(11-21)18-19-20)13-6-2-1-3-7-13/h4-5,8-9,13,21H,1-3,6-7,10-11H2. The first kappa shape index (κ1) is 14.2. The van der Waals surface area contributed by atoms with E-state index in [1.165, 1.54) is 31.4 Å². The molecule has 1 heterocycles. The second-order valence-corrected chi connectivity index (χ2v) is 5.70. The van der Waals surface area contributed by atoms with Gasteiger partial charge in [0.25, 0.3) is 0 Å². The van der Waals surface area contributed by atoms with Crippen molar-refractivity contribution in [3.8, 4) is 0 Å². The molecule has 21 heavy (non-hydrogen) atoms. The Morgan fingerprint density at radius 3 is 2.76 bits per heavy atom. The van der Waals surface area contributed by atoms with Crippen LogP contribution in [0.25, 0.3) is 0 Å². The molecule has 2 aromatic rings. The SMILES string of the molecule is OCc1nnn(Cc2cccc(F)c2)c1C1CCCCC1. The first-order valence-corrected chi connectivity index (χ1v) is 7.55. The molecule has 3 rings (SSSR count). The Bertz CT molecular complexity index is 605. The Morgan fingerprint density at radius 1 is 1.24 bits per heavy atom. The molecule has 0 bridgehead atoms. The smallest absolute Gasteiger partial charge is 0.123 e. The summed E-state index contributed by atoms with van der Waals surface area (Å²) in [6.07, 6.45) is 5.92. The highest BCUT2D eigenvalue weighted by atomic mass is 19.1. The van der Waals surface area contributed by atoms with Crippen LogP contribution in [0, 0.1) is 5.82 Å². The molecule has 1 saturated carbocycles. The Kier molecular flexibility index (Phi) is 4.29. The van der Waals surface area contributed by atoms with E-state index in [2.05, 4.69) is 10.3 Å². The third kappa shape index (κ3) is 3.13. The monoisotopic (exact) mass is 289 g/mol. The number of hydrogen-bond donors (Lipinski definition) is 1. The van der Waals surface area contributed by atoms with Crippen molar-refractivity contribution in [3.63, 3.8) is 0 Å². The van der Waals surface area contributed by atoms with E-state index in [9.17, 15) is 9.50 Å². The number of benzene rings is 1. The second kappa shape index (κ2) is 6.35. The quantitative estimate of drug-likeness (QED) is 0.941. The number of halogens is 1. The predicted molar refractivity (Wildman–Crippen MR) is 77.3 cm³/mol. The van der Waals surface area contributed by atoms with E-state index < -0.39 is 0 Å². The summed E-state index contributed by atoms with van der Waals surface area (Å²) < 4.78 is 15.1. The van der Waals surface area contributed by atoms with Crippen molar-refractivity contribution in [3.05, 3.63) is 47.0 Å². The molecular weight excluding hydrogens is 269 g/mol. The van der Waals surface area contributed by atoms with Crippen molar-refractivity contribution in [1.82, 2.24) is 15.0 Å². The van der Waals surface area contributed by atoms with Gasteiger partial charge in [0.1, 0.15) is 11.5 Å². The maximum absolute atomic E-state index is 13.3. The van der Waals surface area contributed by atoms with Gasteiger partial charge >= 0.3 is 0 Å². The topological polar surface area (TPSA) is 50.9 Å². The van der Waals surface area contributed by atoms with E-state index in [1.54, 1.807) is 6.07 Å². The fourth-order valence-corrected chi connectivity index (χ4v) is 3.22. The molecule has 0 radical (unpaired) electrons. The largest absolute Gasteiger partial charge is 0.390 e. The molecule has 1 N–H and O–H groups in total. The lowest BCUT2D eigenvalue weighted by molar-refractivity contribution is 0.273. The van der Waals surface area contributed by atoms with Crippen molar-refractivity contribution in [2.45, 2.75) is 51.2 Å². The van der Waals surface area contributed by atoms with Crippen LogP contribution in [-0.4, -0.2) is 20.1 Å². The van der Waals surface area contributed by atoms with Crippen LogP contribution in [0.4, 0.5) is 4.39 Å². The molecule has 0 unspecified atom stereocenters. The van der Waals surface area contributed by atoms with E-state index in [1.807, 2.05) is 10.7 Å². The van der Waals surface area contributed by atoms with Gasteiger partial charge in [-0.05, 0) is 30.5 Å². The Balaban J connectivity index is 1.89. The fourth-order valence-electron chi connectivity index (χ4n) is 3.22. The molecule has 1 fully saturated rings. The number of aromatic nitrogens is 3. The summed E-state index contributed by atoms with van der Waals surface area (Å²) in [7, 11) is 0. The third-order valence-electron chi connectivity index (χ3n) is 4.21. The molecule has 0 saturated heterocycles. The first-order chi connectivity index (χ1) is 10.3. The van der Waals surface area contributed by atoms with Gasteiger partial charge in [0.2, 0.25) is 0 Å². The summed E-state index contributed by atoms with van der Waals surface area (Å²) in [6.45, 7) is 0.408. The second-order valence-electron chi connectivity index (χ2n) is 5.70. The van der Waals surface area contributed by atoms with E-state index in [0.29, 0.717) is 18.2 Å². The zero-order valence-electron chi connectivity index (χ0n) is 12.0. The number of hydrogen-bond acceptors (Lipinski definition) is 3. The predicted octanol–water partition coefficient (Wildman–Crippen LogP) is 3.01. The first-order valence-electron chi connectivity index (χ1n) is 7.55. The van der Waals surface area contributed by atoms with Crippen LogP contribution in [0.2, 0.25) is 0 Å². The summed E-state index contributed by atoms with van der Waals surface area (Å²) in [6, 6.07) is 6.54. The van der Waals surface area contributed by atoms with Crippen LogP contribution >= 0.6 is 0 Å². The molecule has 0 aliphatic heterocycles. The van der Waals surface area contributed by atoms with E-state index >= 15 is 0 Å². The van der Waals surface area contributed by atoms with Crippen molar-refractivity contribution < 1.29 is 9.50 Å². The zero-order chi connectivity index (χ0) is 14.7. The average molecular weight is 289 g/mol. The highest BCUT2D eigenvalue weighted by Gasteiger charge is 2.24. The van der Waals surface area contributed by atoms with Gasteiger partial charge in [-0.2, -0.15) is 0 Å². The van der Waals surface area contributed by atoms with Crippen LogP contribution < -0.4 is 0 Å². The van der Waals surface area contributed by atoms with Crippen LogP contribution in [-0.2, 0) is 13.2 Å². The minimum atomic E-state index is -0.241. The van der Waals surface area contributed by atoms with Crippen molar-refractivity contribution in [1.29, 1.82) is 0 Å². The fraction of sp³-hybridized carbons (Fsp3) is 0.500. The Labute approximate surface area is 123 Å². The van der Waals surface area contributed by atoms with Gasteiger partial charge in [-0.1, -0.05) is 36.6 Å². The molecule has 0 amide bonds. The van der Waals surface area contributed by atoms with Crippen molar-refractivity contribution >= 4 is 0 Å². The summed E-state index contributed by atoms with van der Waals surface area (Å²) in [5.41, 5.74) is 2.56. The molecule has 1 aromatic carbocycles. The molecular formula is C16H20FN3O. The highest BCUT2D eigenvalue weighted by molar-refractivity contribution is 5.20. The highest BCUT2D eigenvalue weighted by Crippen LogP contribution is 2.34. The molecule has 4 nitrogen and oxygen atoms in total. The number of nitrogens with zero attached hydrogens (tertiary/aromatic N) is 3. The van der Waals surface area contributed by atoms with Gasteiger partial charge in [-0.25, -0.2) is 9.07 Å². The van der Waals surface area contributed by atoms with Crippen LogP contribution in [0.15, 0.2) is 24.3 Å². The maximum Gasteiger partial charge on any atom is 0.123 e. The van der Waals surface area contributed by atoms with Gasteiger partial charge in [-0.15, -0.1) is 5.10 Å². The lowest BCUT2D eigenvalue weighted by Gasteiger charge is -2.23. The normalized spacial score (nSPS) is 16.3. The summed E-state index contributed by atoms with van der Waals surface area (Å²) in [5, 5.41) is 17.8. The van der Waals surface area contributed by atoms with Gasteiger partial charge in [-0.3, -0.25) is 0 Å². The number of aliphatic hydroxyl groups is 1. The van der Waals surface area contributed by atoms with E-state index in [4.69, 9.17) is 0 Å². The Hall–Kier alpha value is -1.75. The molecule has 0 spiro atoms. The van der Waals surface area contributed by atoms with Gasteiger partial charge in [0.15, 0.2) is 0 Å². The molecule has 1 aliphatic rings. The van der Waals surface area contributed by atoms with Crippen molar-refractivity contribution in [2.24, 2.45) is 0 Å². The molecule has 0 atom stereocenters. The van der Waals surface area contributed by atoms with Crippen LogP contribution in [0.1, 0.15) is 55.0 Å². The lowest BCUT2D eigenvalue weighted by atomic mass is 9.86. The molecule has 5 heteroatoms. The third-order valence-corrected chi connectivity index (χ3v) is 4.21. The average Bonchev–Trinajstić information content (AvgIpc) is 2.91. The molecule has 112 valence electrons. The van der Waals surface area contributed by atoms with Crippen LogP contribution in [0.5, 0.6) is 0 Å². The molecule has 1 aliphatic carbocycles.